The van der Waals surface area contributed by atoms with E-state index >= 15 is 0 Å². The Morgan fingerprint density at radius 2 is 1.76 bits per heavy atom. The Kier molecular flexibility index (Phi) is 6.77. The van der Waals surface area contributed by atoms with Crippen molar-refractivity contribution in [3.05, 3.63) is 83.8 Å². The van der Waals surface area contributed by atoms with Gasteiger partial charge in [0.15, 0.2) is 5.11 Å². The molecule has 5 rings (SSSR count). The third-order valence-electron chi connectivity index (χ3n) is 7.25. The molecular formula is C28H31FN4S. The predicted molar refractivity (Wildman–Crippen MR) is 141 cm³/mol. The smallest absolute Gasteiger partial charge is 0.170 e. The summed E-state index contributed by atoms with van der Waals surface area (Å²) in [5.41, 5.74) is 4.67. The Labute approximate surface area is 206 Å². The maximum absolute atomic E-state index is 13.5. The number of aryl methyl sites for hydroxylation is 1. The van der Waals surface area contributed by atoms with Gasteiger partial charge < -0.3 is 15.5 Å². The second-order valence-corrected chi connectivity index (χ2v) is 9.85. The van der Waals surface area contributed by atoms with E-state index in [-0.39, 0.29) is 11.2 Å². The zero-order valence-corrected chi connectivity index (χ0v) is 20.2. The highest BCUT2D eigenvalue weighted by Gasteiger charge is 2.34. The largest absolute Gasteiger partial charge is 0.362 e. The lowest BCUT2D eigenvalue weighted by Gasteiger charge is -2.38. The quantitative estimate of drug-likeness (QED) is 0.414. The molecule has 0 bridgehead atoms. The highest BCUT2D eigenvalue weighted by molar-refractivity contribution is 7.80. The molecule has 2 heterocycles. The molecule has 0 amide bonds. The molecular weight excluding hydrogens is 443 g/mol. The molecule has 0 spiro atoms. The van der Waals surface area contributed by atoms with Crippen LogP contribution in [-0.4, -0.2) is 23.2 Å². The predicted octanol–water partition coefficient (Wildman–Crippen LogP) is 6.49. The van der Waals surface area contributed by atoms with Crippen LogP contribution >= 0.6 is 12.2 Å². The number of anilines is 3. The number of hydrogen-bond donors (Lipinski definition) is 2. The molecule has 2 aromatic carbocycles. The van der Waals surface area contributed by atoms with Crippen LogP contribution in [0.15, 0.2) is 66.9 Å². The Balaban J connectivity index is 1.23. The molecule has 3 aromatic rings. The summed E-state index contributed by atoms with van der Waals surface area (Å²) in [4.78, 5) is 7.00. The minimum atomic E-state index is -0.191. The summed E-state index contributed by atoms with van der Waals surface area (Å²) in [5.74, 6) is 0.762. The number of hydrogen-bond acceptors (Lipinski definition) is 3. The highest BCUT2D eigenvalue weighted by Crippen LogP contribution is 2.39. The number of para-hydroxylation sites is 1. The maximum atomic E-state index is 13.5. The normalized spacial score (nSPS) is 17.0. The van der Waals surface area contributed by atoms with Gasteiger partial charge in [0.1, 0.15) is 11.6 Å². The van der Waals surface area contributed by atoms with E-state index in [0.717, 1.165) is 50.3 Å². The standard InChI is InChI=1S/C28H31FN4S/c29-23-12-10-22(11-13-23)28(16-4-1-5-17-28)20-31-27(34)32-24-14-15-26(30-19-24)33-18-6-8-21-7-2-3-9-25(21)33/h2-3,7,9-15,19H,1,4-6,8,16-18,20H2,(H2,31,32,34). The molecule has 4 nitrogen and oxygen atoms in total. The molecule has 0 radical (unpaired) electrons. The average Bonchev–Trinajstić information content (AvgIpc) is 2.89. The molecule has 6 heteroatoms. The summed E-state index contributed by atoms with van der Waals surface area (Å²) in [7, 11) is 0. The molecule has 0 atom stereocenters. The van der Waals surface area contributed by atoms with Gasteiger partial charge in [-0.2, -0.15) is 0 Å². The third-order valence-corrected chi connectivity index (χ3v) is 7.49. The van der Waals surface area contributed by atoms with Gasteiger partial charge in [0.05, 0.1) is 11.9 Å². The molecule has 1 fully saturated rings. The van der Waals surface area contributed by atoms with E-state index in [9.17, 15) is 4.39 Å². The molecule has 0 saturated heterocycles. The fraction of sp³-hybridized carbons (Fsp3) is 0.357. The van der Waals surface area contributed by atoms with Gasteiger partial charge in [0, 0.05) is 24.2 Å². The Bertz CT molecular complexity index is 1120. The van der Waals surface area contributed by atoms with Gasteiger partial charge in [-0.3, -0.25) is 0 Å². The average molecular weight is 475 g/mol. The van der Waals surface area contributed by atoms with Crippen molar-refractivity contribution in [1.82, 2.24) is 10.3 Å². The first-order valence-electron chi connectivity index (χ1n) is 12.3. The van der Waals surface area contributed by atoms with Crippen LogP contribution in [0.1, 0.15) is 49.7 Å². The number of nitrogens with zero attached hydrogens (tertiary/aromatic N) is 2. The fourth-order valence-corrected chi connectivity index (χ4v) is 5.61. The lowest BCUT2D eigenvalue weighted by Crippen LogP contribution is -2.43. The summed E-state index contributed by atoms with van der Waals surface area (Å²) in [6, 6.07) is 19.6. The topological polar surface area (TPSA) is 40.2 Å². The minimum Gasteiger partial charge on any atom is -0.362 e. The van der Waals surface area contributed by atoms with Gasteiger partial charge in [0.2, 0.25) is 0 Å². The number of nitrogens with one attached hydrogen (secondary N) is 2. The van der Waals surface area contributed by atoms with E-state index in [0.29, 0.717) is 5.11 Å². The van der Waals surface area contributed by atoms with Crippen molar-refractivity contribution in [3.8, 4) is 0 Å². The number of fused-ring (bicyclic) bond motifs is 1. The number of aromatic nitrogens is 1. The molecule has 0 unspecified atom stereocenters. The zero-order valence-electron chi connectivity index (χ0n) is 19.4. The van der Waals surface area contributed by atoms with Crippen molar-refractivity contribution in [2.24, 2.45) is 0 Å². The van der Waals surface area contributed by atoms with E-state index in [1.165, 1.54) is 36.1 Å². The van der Waals surface area contributed by atoms with Gasteiger partial charge in [-0.05, 0) is 79.4 Å². The van der Waals surface area contributed by atoms with Gasteiger partial charge in [-0.15, -0.1) is 0 Å². The van der Waals surface area contributed by atoms with Crippen molar-refractivity contribution in [2.75, 3.05) is 23.3 Å². The van der Waals surface area contributed by atoms with Crippen LogP contribution in [0.2, 0.25) is 0 Å². The summed E-state index contributed by atoms with van der Waals surface area (Å²) in [6.07, 6.45) is 9.88. The van der Waals surface area contributed by atoms with Crippen LogP contribution in [0.3, 0.4) is 0 Å². The van der Waals surface area contributed by atoms with Crippen LogP contribution in [0.5, 0.6) is 0 Å². The first kappa shape index (κ1) is 22.8. The third kappa shape index (κ3) is 4.92. The highest BCUT2D eigenvalue weighted by atomic mass is 32.1. The van der Waals surface area contributed by atoms with E-state index in [1.807, 2.05) is 30.5 Å². The zero-order chi connectivity index (χ0) is 23.4. The Hall–Kier alpha value is -2.99. The maximum Gasteiger partial charge on any atom is 0.170 e. The molecule has 1 aliphatic heterocycles. The summed E-state index contributed by atoms with van der Waals surface area (Å²) in [6.45, 7) is 1.71. The first-order valence-corrected chi connectivity index (χ1v) is 12.7. The fourth-order valence-electron chi connectivity index (χ4n) is 5.42. The molecule has 1 aromatic heterocycles. The second-order valence-electron chi connectivity index (χ2n) is 9.44. The number of thiocarbonyl (C=S) groups is 1. The van der Waals surface area contributed by atoms with Crippen LogP contribution in [0, 0.1) is 5.82 Å². The molecule has 34 heavy (non-hydrogen) atoms. The number of pyridine rings is 1. The lowest BCUT2D eigenvalue weighted by atomic mass is 9.69. The second kappa shape index (κ2) is 10.1. The van der Waals surface area contributed by atoms with Crippen LogP contribution in [-0.2, 0) is 11.8 Å². The Morgan fingerprint density at radius 1 is 0.971 bits per heavy atom. The Morgan fingerprint density at radius 3 is 2.53 bits per heavy atom. The summed E-state index contributed by atoms with van der Waals surface area (Å²) < 4.78 is 13.5. The molecule has 2 N–H and O–H groups in total. The summed E-state index contributed by atoms with van der Waals surface area (Å²) in [5, 5.41) is 7.31. The van der Waals surface area contributed by atoms with Gasteiger partial charge >= 0.3 is 0 Å². The molecule has 1 saturated carbocycles. The molecule has 2 aliphatic rings. The van der Waals surface area contributed by atoms with Crippen molar-refractivity contribution in [3.63, 3.8) is 0 Å². The van der Waals surface area contributed by atoms with Crippen molar-refractivity contribution in [2.45, 2.75) is 50.4 Å². The van der Waals surface area contributed by atoms with Crippen LogP contribution in [0.25, 0.3) is 0 Å². The molecule has 176 valence electrons. The van der Waals surface area contributed by atoms with Crippen molar-refractivity contribution in [1.29, 1.82) is 0 Å². The van der Waals surface area contributed by atoms with E-state index in [4.69, 9.17) is 17.2 Å². The monoisotopic (exact) mass is 474 g/mol. The van der Waals surface area contributed by atoms with Gasteiger partial charge in [0.25, 0.3) is 0 Å². The van der Waals surface area contributed by atoms with Crippen molar-refractivity contribution < 1.29 is 4.39 Å². The van der Waals surface area contributed by atoms with Gasteiger partial charge in [-0.1, -0.05) is 49.6 Å². The lowest BCUT2D eigenvalue weighted by molar-refractivity contribution is 0.292. The van der Waals surface area contributed by atoms with Crippen molar-refractivity contribution >= 4 is 34.5 Å². The van der Waals surface area contributed by atoms with E-state index in [2.05, 4.69) is 39.8 Å². The number of rotatable bonds is 5. The molecule has 1 aliphatic carbocycles. The van der Waals surface area contributed by atoms with Crippen LogP contribution < -0.4 is 15.5 Å². The summed E-state index contributed by atoms with van der Waals surface area (Å²) >= 11 is 5.61. The van der Waals surface area contributed by atoms with E-state index < -0.39 is 0 Å². The number of benzene rings is 2. The first-order chi connectivity index (χ1) is 16.6. The van der Waals surface area contributed by atoms with Crippen LogP contribution in [0.4, 0.5) is 21.6 Å². The van der Waals surface area contributed by atoms with E-state index in [1.54, 1.807) is 12.1 Å². The SMILES string of the molecule is Fc1ccc(C2(CNC(=S)Nc3ccc(N4CCCc5ccccc54)nc3)CCCCC2)cc1. The minimum absolute atomic E-state index is 0.0124. The number of halogens is 1. The van der Waals surface area contributed by atoms with Gasteiger partial charge in [-0.25, -0.2) is 9.37 Å².